The van der Waals surface area contributed by atoms with E-state index in [0.717, 1.165) is 27.2 Å². The highest BCUT2D eigenvalue weighted by molar-refractivity contribution is 9.10. The Morgan fingerprint density at radius 2 is 1.05 bits per heavy atom. The van der Waals surface area contributed by atoms with Gasteiger partial charge in [-0.25, -0.2) is 0 Å². The normalized spacial score (nSPS) is 11.2. The summed E-state index contributed by atoms with van der Waals surface area (Å²) >= 11 is 3.63. The summed E-state index contributed by atoms with van der Waals surface area (Å²) in [6, 6.07) is 53.9. The molecule has 0 unspecified atom stereocenters. The van der Waals surface area contributed by atoms with Crippen LogP contribution in [0.1, 0.15) is 0 Å². The molecule has 0 aliphatic rings. The lowest BCUT2D eigenvalue weighted by atomic mass is 10.0. The van der Waals surface area contributed by atoms with Gasteiger partial charge in [0.25, 0.3) is 0 Å². The van der Waals surface area contributed by atoms with Gasteiger partial charge in [-0.15, -0.1) is 0 Å². The van der Waals surface area contributed by atoms with Gasteiger partial charge < -0.3 is 9.47 Å². The zero-order valence-electron chi connectivity index (χ0n) is 21.2. The lowest BCUT2D eigenvalue weighted by Crippen LogP contribution is -2.09. The van der Waals surface area contributed by atoms with Crippen LogP contribution in [-0.4, -0.2) is 4.57 Å². The minimum Gasteiger partial charge on any atom is -0.310 e. The third-order valence-electron chi connectivity index (χ3n) is 7.21. The Kier molecular flexibility index (Phi) is 5.99. The highest BCUT2D eigenvalue weighted by atomic mass is 79.9. The molecular weight excluding hydrogens is 540 g/mol. The van der Waals surface area contributed by atoms with E-state index in [0.29, 0.717) is 0 Å². The van der Waals surface area contributed by atoms with Gasteiger partial charge in [0.2, 0.25) is 0 Å². The molecule has 186 valence electrons. The third kappa shape index (κ3) is 4.31. The maximum Gasteiger partial charge on any atom is 0.0542 e. The van der Waals surface area contributed by atoms with Gasteiger partial charge in [-0.2, -0.15) is 0 Å². The van der Waals surface area contributed by atoms with Crippen molar-refractivity contribution in [2.45, 2.75) is 0 Å². The van der Waals surface area contributed by atoms with E-state index in [1.165, 1.54) is 32.9 Å². The molecule has 7 aromatic rings. The molecule has 3 heteroatoms. The Morgan fingerprint density at radius 3 is 1.85 bits per heavy atom. The first-order valence-electron chi connectivity index (χ1n) is 13.1. The topological polar surface area (TPSA) is 8.17 Å². The maximum absolute atomic E-state index is 3.63. The Bertz CT molecular complexity index is 1920. The van der Waals surface area contributed by atoms with Gasteiger partial charge in [-0.1, -0.05) is 94.8 Å². The summed E-state index contributed by atoms with van der Waals surface area (Å²) in [6.45, 7) is 0. The Balaban J connectivity index is 1.44. The predicted octanol–water partition coefficient (Wildman–Crippen LogP) is 10.7. The van der Waals surface area contributed by atoms with Crippen LogP contribution in [0.3, 0.4) is 0 Å². The van der Waals surface area contributed by atoms with Gasteiger partial charge in [0.1, 0.15) is 0 Å². The lowest BCUT2D eigenvalue weighted by molar-refractivity contribution is 1.18. The number of hydrogen-bond donors (Lipinski definition) is 0. The first-order chi connectivity index (χ1) is 19.3. The number of aromatic nitrogens is 1. The molecule has 6 aromatic carbocycles. The summed E-state index contributed by atoms with van der Waals surface area (Å²) in [5.41, 5.74) is 9.28. The molecule has 0 aliphatic heterocycles. The monoisotopic (exact) mass is 564 g/mol. The van der Waals surface area contributed by atoms with Crippen LogP contribution in [0.25, 0.3) is 38.6 Å². The molecule has 0 fully saturated rings. The van der Waals surface area contributed by atoms with E-state index in [-0.39, 0.29) is 0 Å². The molecule has 0 bridgehead atoms. The molecule has 0 atom stereocenters. The van der Waals surface area contributed by atoms with E-state index < -0.39 is 0 Å². The van der Waals surface area contributed by atoms with Crippen LogP contribution in [0.2, 0.25) is 0 Å². The second-order valence-electron chi connectivity index (χ2n) is 9.62. The van der Waals surface area contributed by atoms with Crippen molar-refractivity contribution in [2.75, 3.05) is 4.90 Å². The number of rotatable bonds is 5. The third-order valence-corrected chi connectivity index (χ3v) is 7.70. The van der Waals surface area contributed by atoms with Crippen molar-refractivity contribution in [3.63, 3.8) is 0 Å². The van der Waals surface area contributed by atoms with Crippen molar-refractivity contribution in [1.29, 1.82) is 0 Å². The minimum absolute atomic E-state index is 1.07. The highest BCUT2D eigenvalue weighted by Crippen LogP contribution is 2.40. The molecule has 7 rings (SSSR count). The van der Waals surface area contributed by atoms with Crippen molar-refractivity contribution >= 4 is 54.8 Å². The fourth-order valence-electron chi connectivity index (χ4n) is 5.47. The molecule has 0 radical (unpaired) electrons. The summed E-state index contributed by atoms with van der Waals surface area (Å²) in [5, 5.41) is 2.48. The Hall–Kier alpha value is -4.60. The summed E-state index contributed by atoms with van der Waals surface area (Å²) in [6.07, 6.45) is 0. The number of fused-ring (bicyclic) bond motifs is 3. The minimum atomic E-state index is 1.07. The number of halogens is 1. The van der Waals surface area contributed by atoms with E-state index >= 15 is 0 Å². The van der Waals surface area contributed by atoms with Gasteiger partial charge in [0, 0.05) is 38.0 Å². The molecule has 1 aromatic heterocycles. The van der Waals surface area contributed by atoms with E-state index in [1.54, 1.807) is 0 Å². The number of para-hydroxylation sites is 3. The van der Waals surface area contributed by atoms with Gasteiger partial charge in [0.15, 0.2) is 0 Å². The number of nitrogens with zero attached hydrogens (tertiary/aromatic N) is 2. The standard InChI is InChI=1S/C36H25BrN2/c37-28-13-9-11-26(23-28)27-12-10-18-31(24-27)38(29-14-3-1-4-15-29)32-21-22-36-34(25-32)33-19-7-8-20-35(33)39(36)30-16-5-2-6-17-30/h1-25H. The first kappa shape index (κ1) is 23.5. The highest BCUT2D eigenvalue weighted by Gasteiger charge is 2.17. The van der Waals surface area contributed by atoms with Gasteiger partial charge >= 0.3 is 0 Å². The lowest BCUT2D eigenvalue weighted by Gasteiger charge is -2.26. The second kappa shape index (κ2) is 9.94. The molecule has 0 amide bonds. The fraction of sp³-hybridized carbons (Fsp3) is 0. The molecule has 0 N–H and O–H groups in total. The summed E-state index contributed by atoms with van der Waals surface area (Å²) in [4.78, 5) is 2.34. The van der Waals surface area contributed by atoms with Crippen molar-refractivity contribution in [1.82, 2.24) is 4.57 Å². The van der Waals surface area contributed by atoms with Gasteiger partial charge in [-0.3, -0.25) is 0 Å². The average molecular weight is 566 g/mol. The quantitative estimate of drug-likeness (QED) is 0.202. The van der Waals surface area contributed by atoms with E-state index in [9.17, 15) is 0 Å². The maximum atomic E-state index is 3.63. The summed E-state index contributed by atoms with van der Waals surface area (Å²) < 4.78 is 3.43. The SMILES string of the molecule is Brc1cccc(-c2cccc(N(c3ccccc3)c3ccc4c(c3)c3ccccc3n4-c3ccccc3)c2)c1. The number of anilines is 3. The van der Waals surface area contributed by atoms with Crippen molar-refractivity contribution in [3.05, 3.63) is 156 Å². The second-order valence-corrected chi connectivity index (χ2v) is 10.5. The molecule has 2 nitrogen and oxygen atoms in total. The van der Waals surface area contributed by atoms with Crippen LogP contribution >= 0.6 is 15.9 Å². The van der Waals surface area contributed by atoms with Crippen LogP contribution in [0, 0.1) is 0 Å². The van der Waals surface area contributed by atoms with Gasteiger partial charge in [0.05, 0.1) is 11.0 Å². The Labute approximate surface area is 236 Å². The number of benzene rings is 6. The zero-order chi connectivity index (χ0) is 26.2. The van der Waals surface area contributed by atoms with Gasteiger partial charge in [-0.05, 0) is 83.9 Å². The van der Waals surface area contributed by atoms with Crippen LogP contribution < -0.4 is 4.90 Å². The summed E-state index contributed by atoms with van der Waals surface area (Å²) in [7, 11) is 0. The van der Waals surface area contributed by atoms with Crippen LogP contribution in [0.5, 0.6) is 0 Å². The molecule has 1 heterocycles. The number of hydrogen-bond acceptors (Lipinski definition) is 1. The van der Waals surface area contributed by atoms with Crippen molar-refractivity contribution in [3.8, 4) is 16.8 Å². The smallest absolute Gasteiger partial charge is 0.0542 e. The molecule has 0 saturated carbocycles. The summed E-state index contributed by atoms with van der Waals surface area (Å²) in [5.74, 6) is 0. The molecule has 39 heavy (non-hydrogen) atoms. The van der Waals surface area contributed by atoms with Crippen LogP contribution in [0.4, 0.5) is 17.1 Å². The van der Waals surface area contributed by atoms with Crippen LogP contribution in [0.15, 0.2) is 156 Å². The molecule has 0 saturated heterocycles. The molecule has 0 spiro atoms. The van der Waals surface area contributed by atoms with E-state index in [2.05, 4.69) is 177 Å². The molecule has 0 aliphatic carbocycles. The average Bonchev–Trinajstić information content (AvgIpc) is 3.32. The van der Waals surface area contributed by atoms with Crippen molar-refractivity contribution in [2.24, 2.45) is 0 Å². The van der Waals surface area contributed by atoms with Crippen molar-refractivity contribution < 1.29 is 0 Å². The first-order valence-corrected chi connectivity index (χ1v) is 13.9. The predicted molar refractivity (Wildman–Crippen MR) is 169 cm³/mol. The Morgan fingerprint density at radius 1 is 0.436 bits per heavy atom. The fourth-order valence-corrected chi connectivity index (χ4v) is 5.87. The molecular formula is C36H25BrN2. The zero-order valence-corrected chi connectivity index (χ0v) is 22.8. The largest absolute Gasteiger partial charge is 0.310 e. The van der Waals surface area contributed by atoms with Crippen LogP contribution in [-0.2, 0) is 0 Å². The van der Waals surface area contributed by atoms with E-state index in [1.807, 2.05) is 0 Å². The van der Waals surface area contributed by atoms with E-state index in [4.69, 9.17) is 0 Å².